The zero-order valence-corrected chi connectivity index (χ0v) is 10.4. The van der Waals surface area contributed by atoms with Gasteiger partial charge in [-0.3, -0.25) is 4.98 Å². The van der Waals surface area contributed by atoms with Crippen LogP contribution < -0.4 is 10.1 Å². The van der Waals surface area contributed by atoms with Gasteiger partial charge in [-0.1, -0.05) is 6.92 Å². The molecular weight excluding hydrogens is 204 g/mol. The molecule has 16 heavy (non-hydrogen) atoms. The number of hydrogen-bond acceptors (Lipinski definition) is 4. The van der Waals surface area contributed by atoms with Crippen molar-refractivity contribution in [3.8, 4) is 5.75 Å². The molecule has 2 atom stereocenters. The van der Waals surface area contributed by atoms with Crippen LogP contribution in [0, 0.1) is 0 Å². The van der Waals surface area contributed by atoms with Gasteiger partial charge in [0.05, 0.1) is 25.5 Å². The minimum absolute atomic E-state index is 0.137. The minimum atomic E-state index is 0.137. The predicted octanol–water partition coefficient (Wildman–Crippen LogP) is 1.78. The lowest BCUT2D eigenvalue weighted by Crippen LogP contribution is -2.30. The van der Waals surface area contributed by atoms with E-state index >= 15 is 0 Å². The fourth-order valence-corrected chi connectivity index (χ4v) is 1.82. The van der Waals surface area contributed by atoms with Gasteiger partial charge in [-0.05, 0) is 25.1 Å². The van der Waals surface area contributed by atoms with Gasteiger partial charge in [-0.15, -0.1) is 0 Å². The zero-order valence-electron chi connectivity index (χ0n) is 10.4. The molecule has 0 aromatic carbocycles. The second kappa shape index (κ2) is 6.45. The molecule has 1 aromatic rings. The number of likely N-dealkylation sites (N-methyl/N-ethyl adjacent to an activating group) is 1. The third kappa shape index (κ3) is 2.93. The summed E-state index contributed by atoms with van der Waals surface area (Å²) in [5.74, 6) is 0.767. The molecule has 0 bridgehead atoms. The predicted molar refractivity (Wildman–Crippen MR) is 63.7 cm³/mol. The molecule has 1 heterocycles. The summed E-state index contributed by atoms with van der Waals surface area (Å²) in [6.07, 6.45) is 4.62. The van der Waals surface area contributed by atoms with Gasteiger partial charge >= 0.3 is 0 Å². The molecule has 0 saturated carbocycles. The van der Waals surface area contributed by atoms with Crippen molar-refractivity contribution >= 4 is 0 Å². The monoisotopic (exact) mass is 224 g/mol. The van der Waals surface area contributed by atoms with Crippen molar-refractivity contribution in [1.82, 2.24) is 10.3 Å². The molecule has 2 unspecified atom stereocenters. The molecule has 0 aliphatic carbocycles. The van der Waals surface area contributed by atoms with Gasteiger partial charge in [0.2, 0.25) is 0 Å². The normalized spacial score (nSPS) is 14.5. The van der Waals surface area contributed by atoms with Crippen LogP contribution in [0.25, 0.3) is 0 Å². The Balaban J connectivity index is 2.93. The molecule has 4 nitrogen and oxygen atoms in total. The number of aromatic nitrogens is 1. The Morgan fingerprint density at radius 2 is 2.12 bits per heavy atom. The molecule has 0 aliphatic rings. The third-order valence-electron chi connectivity index (χ3n) is 2.72. The third-order valence-corrected chi connectivity index (χ3v) is 2.72. The van der Waals surface area contributed by atoms with Crippen molar-refractivity contribution < 1.29 is 9.47 Å². The first-order valence-corrected chi connectivity index (χ1v) is 5.45. The van der Waals surface area contributed by atoms with Gasteiger partial charge in [-0.2, -0.15) is 0 Å². The number of pyridine rings is 1. The summed E-state index contributed by atoms with van der Waals surface area (Å²) < 4.78 is 10.6. The van der Waals surface area contributed by atoms with E-state index in [-0.39, 0.29) is 12.1 Å². The average Bonchev–Trinajstić information content (AvgIpc) is 2.35. The summed E-state index contributed by atoms with van der Waals surface area (Å²) >= 11 is 0. The van der Waals surface area contributed by atoms with Gasteiger partial charge in [0.15, 0.2) is 0 Å². The van der Waals surface area contributed by atoms with Gasteiger partial charge < -0.3 is 14.8 Å². The van der Waals surface area contributed by atoms with Crippen molar-refractivity contribution in [1.29, 1.82) is 0 Å². The minimum Gasteiger partial charge on any atom is -0.495 e. The van der Waals surface area contributed by atoms with Crippen molar-refractivity contribution in [2.24, 2.45) is 0 Å². The number of rotatable bonds is 6. The molecule has 0 spiro atoms. The summed E-state index contributed by atoms with van der Waals surface area (Å²) in [6, 6.07) is 2.12. The summed E-state index contributed by atoms with van der Waals surface area (Å²) in [7, 11) is 5.29. The lowest BCUT2D eigenvalue weighted by molar-refractivity contribution is 0.0674. The summed E-state index contributed by atoms with van der Waals surface area (Å²) in [5, 5.41) is 3.25. The highest BCUT2D eigenvalue weighted by atomic mass is 16.5. The number of nitrogens with one attached hydrogen (secondary N) is 1. The van der Waals surface area contributed by atoms with Crippen LogP contribution in [0.15, 0.2) is 18.5 Å². The van der Waals surface area contributed by atoms with Crippen LogP contribution >= 0.6 is 0 Å². The second-order valence-corrected chi connectivity index (χ2v) is 3.61. The van der Waals surface area contributed by atoms with E-state index < -0.39 is 0 Å². The standard InChI is InChI=1S/C12H20N2O2/c1-5-11(16-4)12(13-2)9-6-10(15-3)8-14-7-9/h6-8,11-13H,5H2,1-4H3. The van der Waals surface area contributed by atoms with Crippen molar-refractivity contribution in [3.05, 3.63) is 24.0 Å². The van der Waals surface area contributed by atoms with Crippen molar-refractivity contribution in [3.63, 3.8) is 0 Å². The van der Waals surface area contributed by atoms with E-state index in [4.69, 9.17) is 9.47 Å². The first-order chi connectivity index (χ1) is 7.76. The Morgan fingerprint density at radius 1 is 1.38 bits per heavy atom. The maximum Gasteiger partial charge on any atom is 0.137 e. The number of nitrogens with zero attached hydrogens (tertiary/aromatic N) is 1. The zero-order chi connectivity index (χ0) is 12.0. The lowest BCUT2D eigenvalue weighted by Gasteiger charge is -2.25. The van der Waals surface area contributed by atoms with E-state index in [1.54, 1.807) is 20.4 Å². The van der Waals surface area contributed by atoms with E-state index in [9.17, 15) is 0 Å². The summed E-state index contributed by atoms with van der Waals surface area (Å²) in [6.45, 7) is 2.10. The molecule has 0 radical (unpaired) electrons. The highest BCUT2D eigenvalue weighted by Gasteiger charge is 2.20. The molecular formula is C12H20N2O2. The van der Waals surface area contributed by atoms with E-state index in [2.05, 4.69) is 17.2 Å². The van der Waals surface area contributed by atoms with E-state index in [0.717, 1.165) is 17.7 Å². The largest absolute Gasteiger partial charge is 0.495 e. The topological polar surface area (TPSA) is 43.4 Å². The first-order valence-electron chi connectivity index (χ1n) is 5.45. The SMILES string of the molecule is CCC(OC)C(NC)c1cncc(OC)c1. The lowest BCUT2D eigenvalue weighted by atomic mass is 10.0. The fourth-order valence-electron chi connectivity index (χ4n) is 1.82. The molecule has 1 aromatic heterocycles. The Morgan fingerprint density at radius 3 is 2.62 bits per heavy atom. The smallest absolute Gasteiger partial charge is 0.137 e. The van der Waals surface area contributed by atoms with Crippen LogP contribution in [0.5, 0.6) is 5.75 Å². The van der Waals surface area contributed by atoms with Gasteiger partial charge in [0.1, 0.15) is 5.75 Å². The highest BCUT2D eigenvalue weighted by Crippen LogP contribution is 2.23. The molecule has 0 saturated heterocycles. The van der Waals surface area contributed by atoms with Crippen LogP contribution in [0.4, 0.5) is 0 Å². The van der Waals surface area contributed by atoms with Crippen molar-refractivity contribution in [2.75, 3.05) is 21.3 Å². The highest BCUT2D eigenvalue weighted by molar-refractivity contribution is 5.26. The summed E-state index contributed by atoms with van der Waals surface area (Å²) in [4.78, 5) is 4.15. The van der Waals surface area contributed by atoms with Gasteiger partial charge in [0.25, 0.3) is 0 Å². The molecule has 0 aliphatic heterocycles. The van der Waals surface area contributed by atoms with Crippen LogP contribution in [0.3, 0.4) is 0 Å². The van der Waals surface area contributed by atoms with E-state index in [0.29, 0.717) is 0 Å². The number of methoxy groups -OCH3 is 2. The van der Waals surface area contributed by atoms with Gasteiger partial charge in [0, 0.05) is 13.3 Å². The number of hydrogen-bond donors (Lipinski definition) is 1. The molecule has 1 rings (SSSR count). The second-order valence-electron chi connectivity index (χ2n) is 3.61. The van der Waals surface area contributed by atoms with Crippen LogP contribution in [0.2, 0.25) is 0 Å². The fraction of sp³-hybridized carbons (Fsp3) is 0.583. The molecule has 0 amide bonds. The average molecular weight is 224 g/mol. The molecule has 4 heteroatoms. The Labute approximate surface area is 97.0 Å². The molecule has 1 N–H and O–H groups in total. The quantitative estimate of drug-likeness (QED) is 0.800. The Hall–Kier alpha value is -1.13. The maximum atomic E-state index is 5.45. The van der Waals surface area contributed by atoms with E-state index in [1.807, 2.05) is 19.3 Å². The van der Waals surface area contributed by atoms with Crippen LogP contribution in [-0.2, 0) is 4.74 Å². The van der Waals surface area contributed by atoms with Gasteiger partial charge in [-0.25, -0.2) is 0 Å². The first kappa shape index (κ1) is 12.9. The van der Waals surface area contributed by atoms with E-state index in [1.165, 1.54) is 0 Å². The Kier molecular flexibility index (Phi) is 5.22. The van der Waals surface area contributed by atoms with Crippen molar-refractivity contribution in [2.45, 2.75) is 25.5 Å². The molecule has 0 fully saturated rings. The van der Waals surface area contributed by atoms with Crippen LogP contribution in [-0.4, -0.2) is 32.4 Å². The molecule has 90 valence electrons. The maximum absolute atomic E-state index is 5.45. The van der Waals surface area contributed by atoms with Crippen LogP contribution in [0.1, 0.15) is 24.9 Å². The number of ether oxygens (including phenoxy) is 2. The Bertz CT molecular complexity index is 314. The summed E-state index contributed by atoms with van der Waals surface area (Å²) in [5.41, 5.74) is 1.08.